The van der Waals surface area contributed by atoms with Gasteiger partial charge < -0.3 is 10.2 Å². The molecule has 1 saturated carbocycles. The first-order chi connectivity index (χ1) is 14.9. The lowest BCUT2D eigenvalue weighted by Gasteiger charge is -2.31. The van der Waals surface area contributed by atoms with Crippen LogP contribution < -0.4 is 10.2 Å². The molecule has 2 fully saturated rings. The molecule has 0 bridgehead atoms. The largest absolute Gasteiger partial charge is 0.355 e. The summed E-state index contributed by atoms with van der Waals surface area (Å²) in [6.07, 6.45) is 2.97. The number of hydrogen-bond acceptors (Lipinski definition) is 3. The molecule has 0 aromatic heterocycles. The highest BCUT2D eigenvalue weighted by atomic mass is 19.1. The van der Waals surface area contributed by atoms with Crippen molar-refractivity contribution in [2.75, 3.05) is 18.0 Å². The van der Waals surface area contributed by atoms with Crippen molar-refractivity contribution in [1.29, 1.82) is 5.26 Å². The van der Waals surface area contributed by atoms with E-state index < -0.39 is 23.0 Å². The summed E-state index contributed by atoms with van der Waals surface area (Å²) >= 11 is 0. The standard InChI is InChI=1S/C24H23F2N3O2/c25-19-4-3-5-20(26)22(19)24(10-1-2-11-24)15-28-23(31)17-12-21(30)29(14-17)18-8-6-16(13-27)7-9-18/h3-9,17H,1-2,10-12,14-15H2,(H,28,31). The van der Waals surface area contributed by atoms with Crippen molar-refractivity contribution < 1.29 is 18.4 Å². The summed E-state index contributed by atoms with van der Waals surface area (Å²) in [7, 11) is 0. The second-order valence-corrected chi connectivity index (χ2v) is 8.37. The van der Waals surface area contributed by atoms with Crippen LogP contribution in [-0.4, -0.2) is 24.9 Å². The Labute approximate surface area is 179 Å². The highest BCUT2D eigenvalue weighted by Crippen LogP contribution is 2.43. The number of nitrogens with one attached hydrogen (secondary N) is 1. The lowest BCUT2D eigenvalue weighted by molar-refractivity contribution is -0.126. The SMILES string of the molecule is N#Cc1ccc(N2CC(C(=O)NCC3(c4c(F)cccc4F)CCCC3)CC2=O)cc1. The van der Waals surface area contributed by atoms with E-state index in [4.69, 9.17) is 5.26 Å². The number of anilines is 1. The van der Waals surface area contributed by atoms with Crippen molar-refractivity contribution in [3.8, 4) is 6.07 Å². The highest BCUT2D eigenvalue weighted by Gasteiger charge is 2.41. The van der Waals surface area contributed by atoms with Crippen LogP contribution in [0.4, 0.5) is 14.5 Å². The summed E-state index contributed by atoms with van der Waals surface area (Å²) < 4.78 is 29.0. The first kappa shape index (κ1) is 21.0. The van der Waals surface area contributed by atoms with E-state index in [1.807, 2.05) is 6.07 Å². The number of nitriles is 1. The normalized spacial score (nSPS) is 20.0. The van der Waals surface area contributed by atoms with Gasteiger partial charge in [0.15, 0.2) is 0 Å². The van der Waals surface area contributed by atoms with E-state index in [1.54, 1.807) is 24.3 Å². The molecule has 1 aliphatic carbocycles. The van der Waals surface area contributed by atoms with E-state index in [0.29, 0.717) is 24.1 Å². The smallest absolute Gasteiger partial charge is 0.227 e. The minimum Gasteiger partial charge on any atom is -0.355 e. The zero-order chi connectivity index (χ0) is 22.0. The molecule has 1 atom stereocenters. The van der Waals surface area contributed by atoms with Crippen molar-refractivity contribution in [1.82, 2.24) is 5.32 Å². The molecule has 1 unspecified atom stereocenters. The molecule has 2 aromatic rings. The van der Waals surface area contributed by atoms with Crippen LogP contribution in [0.3, 0.4) is 0 Å². The molecule has 0 radical (unpaired) electrons. The molecule has 31 heavy (non-hydrogen) atoms. The number of nitrogens with zero attached hydrogens (tertiary/aromatic N) is 2. The maximum absolute atomic E-state index is 14.5. The van der Waals surface area contributed by atoms with Crippen LogP contribution in [0.15, 0.2) is 42.5 Å². The van der Waals surface area contributed by atoms with Gasteiger partial charge in [-0.3, -0.25) is 9.59 Å². The van der Waals surface area contributed by atoms with Gasteiger partial charge >= 0.3 is 0 Å². The number of carbonyl (C=O) groups excluding carboxylic acids is 2. The molecule has 2 amide bonds. The first-order valence-corrected chi connectivity index (χ1v) is 10.5. The molecule has 160 valence electrons. The molecule has 1 heterocycles. The molecule has 7 heteroatoms. The van der Waals surface area contributed by atoms with E-state index >= 15 is 0 Å². The van der Waals surface area contributed by atoms with Gasteiger partial charge in [0.05, 0.1) is 17.6 Å². The summed E-state index contributed by atoms with van der Waals surface area (Å²) in [5.74, 6) is -2.15. The molecular weight excluding hydrogens is 400 g/mol. The number of amides is 2. The molecular formula is C24H23F2N3O2. The minimum atomic E-state index is -0.763. The van der Waals surface area contributed by atoms with Crippen LogP contribution in [0.25, 0.3) is 0 Å². The zero-order valence-corrected chi connectivity index (χ0v) is 17.0. The predicted octanol–water partition coefficient (Wildman–Crippen LogP) is 3.82. The van der Waals surface area contributed by atoms with Gasteiger partial charge in [0.25, 0.3) is 0 Å². The Kier molecular flexibility index (Phi) is 5.73. The highest BCUT2D eigenvalue weighted by molar-refractivity contribution is 6.00. The topological polar surface area (TPSA) is 73.2 Å². The van der Waals surface area contributed by atoms with Crippen molar-refractivity contribution in [2.45, 2.75) is 37.5 Å². The van der Waals surface area contributed by atoms with Crippen molar-refractivity contribution in [3.05, 3.63) is 65.2 Å². The fourth-order valence-electron chi connectivity index (χ4n) is 4.82. The Morgan fingerprint density at radius 1 is 1.13 bits per heavy atom. The Bertz CT molecular complexity index is 1020. The predicted molar refractivity (Wildman–Crippen MR) is 111 cm³/mol. The van der Waals surface area contributed by atoms with Gasteiger partial charge in [-0.25, -0.2) is 8.78 Å². The van der Waals surface area contributed by atoms with Gasteiger partial charge in [-0.05, 0) is 49.2 Å². The second-order valence-electron chi connectivity index (χ2n) is 8.37. The minimum absolute atomic E-state index is 0.0505. The van der Waals surface area contributed by atoms with Crippen molar-refractivity contribution in [3.63, 3.8) is 0 Å². The average molecular weight is 423 g/mol. The van der Waals surface area contributed by atoms with Crippen LogP contribution in [0.1, 0.15) is 43.2 Å². The molecule has 4 rings (SSSR count). The third-order valence-electron chi connectivity index (χ3n) is 6.46. The third-order valence-corrected chi connectivity index (χ3v) is 6.46. The number of carbonyl (C=O) groups is 2. The van der Waals surface area contributed by atoms with Crippen molar-refractivity contribution >= 4 is 17.5 Å². The van der Waals surface area contributed by atoms with E-state index in [-0.39, 0.29) is 36.9 Å². The Morgan fingerprint density at radius 2 is 1.77 bits per heavy atom. The van der Waals surface area contributed by atoms with E-state index in [1.165, 1.54) is 23.1 Å². The van der Waals surface area contributed by atoms with Gasteiger partial charge in [0.1, 0.15) is 11.6 Å². The Hall–Kier alpha value is -3.27. The van der Waals surface area contributed by atoms with Crippen LogP contribution >= 0.6 is 0 Å². The number of hydrogen-bond donors (Lipinski definition) is 1. The third kappa shape index (κ3) is 4.02. The lowest BCUT2D eigenvalue weighted by atomic mass is 9.78. The molecule has 2 aromatic carbocycles. The van der Waals surface area contributed by atoms with Gasteiger partial charge in [-0.15, -0.1) is 0 Å². The van der Waals surface area contributed by atoms with Crippen molar-refractivity contribution in [2.24, 2.45) is 5.92 Å². The summed E-state index contributed by atoms with van der Waals surface area (Å²) in [5, 5.41) is 11.8. The van der Waals surface area contributed by atoms with Gasteiger partial charge in [-0.2, -0.15) is 5.26 Å². The number of rotatable bonds is 5. The first-order valence-electron chi connectivity index (χ1n) is 10.5. The van der Waals surface area contributed by atoms with Crippen LogP contribution in [0.2, 0.25) is 0 Å². The fourth-order valence-corrected chi connectivity index (χ4v) is 4.82. The Morgan fingerprint density at radius 3 is 2.39 bits per heavy atom. The maximum atomic E-state index is 14.5. The van der Waals surface area contributed by atoms with E-state index in [9.17, 15) is 18.4 Å². The lowest BCUT2D eigenvalue weighted by Crippen LogP contribution is -2.43. The van der Waals surface area contributed by atoms with Crippen LogP contribution in [-0.2, 0) is 15.0 Å². The average Bonchev–Trinajstić information content (AvgIpc) is 3.39. The van der Waals surface area contributed by atoms with Gasteiger partial charge in [0, 0.05) is 36.2 Å². The Balaban J connectivity index is 1.45. The zero-order valence-electron chi connectivity index (χ0n) is 17.0. The van der Waals surface area contributed by atoms with Crippen LogP contribution in [0.5, 0.6) is 0 Å². The summed E-state index contributed by atoms with van der Waals surface area (Å²) in [6.45, 7) is 0.378. The number of halogens is 2. The summed E-state index contributed by atoms with van der Waals surface area (Å²) in [4.78, 5) is 26.8. The quantitative estimate of drug-likeness (QED) is 0.795. The molecule has 2 aliphatic rings. The second kappa shape index (κ2) is 8.46. The van der Waals surface area contributed by atoms with Gasteiger partial charge in [-0.1, -0.05) is 18.9 Å². The molecule has 1 saturated heterocycles. The number of benzene rings is 2. The van der Waals surface area contributed by atoms with Crippen LogP contribution in [0, 0.1) is 28.9 Å². The molecule has 1 N–H and O–H groups in total. The monoisotopic (exact) mass is 423 g/mol. The molecule has 0 spiro atoms. The molecule has 1 aliphatic heterocycles. The van der Waals surface area contributed by atoms with Gasteiger partial charge in [0.2, 0.25) is 11.8 Å². The maximum Gasteiger partial charge on any atom is 0.227 e. The summed E-state index contributed by atoms with van der Waals surface area (Å²) in [5.41, 5.74) is 0.418. The summed E-state index contributed by atoms with van der Waals surface area (Å²) in [6, 6.07) is 12.5. The van der Waals surface area contributed by atoms with E-state index in [0.717, 1.165) is 12.8 Å². The fraction of sp³-hybridized carbons (Fsp3) is 0.375. The molecule has 5 nitrogen and oxygen atoms in total. The van der Waals surface area contributed by atoms with E-state index in [2.05, 4.69) is 5.32 Å².